The van der Waals surface area contributed by atoms with Crippen molar-refractivity contribution in [3.63, 3.8) is 0 Å². The summed E-state index contributed by atoms with van der Waals surface area (Å²) in [6.07, 6.45) is 1.24. The van der Waals surface area contributed by atoms with Crippen molar-refractivity contribution >= 4 is 38.9 Å². The molecule has 0 atom stereocenters. The molecule has 4 N–H and O–H groups in total. The molecule has 18 heavy (non-hydrogen) atoms. The molecule has 0 radical (unpaired) electrons. The van der Waals surface area contributed by atoms with E-state index in [1.165, 1.54) is 12.1 Å². The van der Waals surface area contributed by atoms with Gasteiger partial charge in [0.1, 0.15) is 0 Å². The quantitative estimate of drug-likeness (QED) is 0.753. The summed E-state index contributed by atoms with van der Waals surface area (Å²) < 4.78 is 24.4. The van der Waals surface area contributed by atoms with Crippen LogP contribution in [0.1, 0.15) is 6.42 Å². The summed E-state index contributed by atoms with van der Waals surface area (Å²) in [5.74, 6) is -0.225. The lowest BCUT2D eigenvalue weighted by Crippen LogP contribution is -2.16. The number of rotatable bonds is 5. The monoisotopic (exact) mass is 291 g/mol. The smallest absolute Gasteiger partial charge is 0.229 e. The molecule has 0 bridgehead atoms. The molecule has 0 aliphatic rings. The van der Waals surface area contributed by atoms with Crippen molar-refractivity contribution in [2.75, 3.05) is 22.8 Å². The van der Waals surface area contributed by atoms with Crippen molar-refractivity contribution in [2.45, 2.75) is 6.42 Å². The summed E-state index contributed by atoms with van der Waals surface area (Å²) in [5, 5.41) is 2.79. The van der Waals surface area contributed by atoms with E-state index in [0.717, 1.165) is 6.26 Å². The van der Waals surface area contributed by atoms with Crippen molar-refractivity contribution in [2.24, 2.45) is 5.73 Å². The second-order valence-corrected chi connectivity index (χ2v) is 5.81. The van der Waals surface area contributed by atoms with Crippen LogP contribution in [0, 0.1) is 0 Å². The Bertz CT molecular complexity index is 545. The third kappa shape index (κ3) is 4.91. The number of hydrogen-bond acceptors (Lipinski definition) is 4. The minimum atomic E-state index is -3.38. The summed E-state index contributed by atoms with van der Waals surface area (Å²) in [6.45, 7) is 0.257. The van der Waals surface area contributed by atoms with Gasteiger partial charge in [-0.2, -0.15) is 0 Å². The Kier molecular flexibility index (Phi) is 4.94. The molecule has 0 fully saturated rings. The maximum Gasteiger partial charge on any atom is 0.229 e. The summed E-state index contributed by atoms with van der Waals surface area (Å²) in [7, 11) is -3.38. The van der Waals surface area contributed by atoms with Gasteiger partial charge in [0.2, 0.25) is 15.9 Å². The molecule has 0 heterocycles. The van der Waals surface area contributed by atoms with E-state index in [4.69, 9.17) is 17.3 Å². The first kappa shape index (κ1) is 14.7. The molecule has 8 heteroatoms. The minimum Gasteiger partial charge on any atom is -0.330 e. The Morgan fingerprint density at radius 1 is 1.44 bits per heavy atom. The van der Waals surface area contributed by atoms with Crippen molar-refractivity contribution in [1.82, 2.24) is 0 Å². The highest BCUT2D eigenvalue weighted by atomic mass is 35.5. The largest absolute Gasteiger partial charge is 0.330 e. The zero-order valence-electron chi connectivity index (χ0n) is 9.73. The van der Waals surface area contributed by atoms with Crippen LogP contribution >= 0.6 is 11.6 Å². The number of carbonyl (C=O) groups excluding carboxylic acids is 1. The second-order valence-electron chi connectivity index (χ2n) is 3.66. The summed E-state index contributed by atoms with van der Waals surface area (Å²) in [6, 6.07) is 4.48. The van der Waals surface area contributed by atoms with Gasteiger partial charge >= 0.3 is 0 Å². The first-order valence-electron chi connectivity index (χ1n) is 5.09. The van der Waals surface area contributed by atoms with Gasteiger partial charge in [0.05, 0.1) is 17.0 Å². The van der Waals surface area contributed by atoms with Crippen molar-refractivity contribution < 1.29 is 13.2 Å². The highest BCUT2D eigenvalue weighted by Crippen LogP contribution is 2.26. The molecule has 1 amide bonds. The van der Waals surface area contributed by atoms with Crippen LogP contribution < -0.4 is 15.8 Å². The highest BCUT2D eigenvalue weighted by Gasteiger charge is 2.08. The van der Waals surface area contributed by atoms with E-state index in [2.05, 4.69) is 10.0 Å². The lowest BCUT2D eigenvalue weighted by molar-refractivity contribution is -0.116. The fourth-order valence-electron chi connectivity index (χ4n) is 1.23. The van der Waals surface area contributed by atoms with Crippen LogP contribution in [0.2, 0.25) is 5.02 Å². The normalized spacial score (nSPS) is 11.1. The standard InChI is InChI=1S/C10H14ClN3O3S/c1-18(16,17)14-9-3-2-7(6-8(9)11)13-10(15)4-5-12/h2-3,6,14H,4-5,12H2,1H3,(H,13,15). The van der Waals surface area contributed by atoms with E-state index >= 15 is 0 Å². The molecular weight excluding hydrogens is 278 g/mol. The lowest BCUT2D eigenvalue weighted by Gasteiger charge is -2.09. The average molecular weight is 292 g/mol. The van der Waals surface area contributed by atoms with Crippen LogP contribution in [-0.4, -0.2) is 27.1 Å². The van der Waals surface area contributed by atoms with E-state index in [-0.39, 0.29) is 29.6 Å². The van der Waals surface area contributed by atoms with E-state index < -0.39 is 10.0 Å². The van der Waals surface area contributed by atoms with E-state index in [0.29, 0.717) is 5.69 Å². The number of nitrogens with one attached hydrogen (secondary N) is 2. The van der Waals surface area contributed by atoms with Crippen molar-refractivity contribution in [3.8, 4) is 0 Å². The van der Waals surface area contributed by atoms with Gasteiger partial charge in [0.25, 0.3) is 0 Å². The van der Waals surface area contributed by atoms with Gasteiger partial charge < -0.3 is 11.1 Å². The van der Waals surface area contributed by atoms with Crippen LogP contribution in [0.3, 0.4) is 0 Å². The third-order valence-corrected chi connectivity index (χ3v) is 2.82. The molecule has 0 unspecified atom stereocenters. The lowest BCUT2D eigenvalue weighted by atomic mass is 10.2. The number of carbonyl (C=O) groups is 1. The van der Waals surface area contributed by atoms with Crippen molar-refractivity contribution in [3.05, 3.63) is 23.2 Å². The molecule has 1 aromatic rings. The fourth-order valence-corrected chi connectivity index (χ4v) is 2.09. The number of hydrogen-bond donors (Lipinski definition) is 3. The Hall–Kier alpha value is -1.31. The molecular formula is C10H14ClN3O3S. The Morgan fingerprint density at radius 3 is 2.61 bits per heavy atom. The molecule has 6 nitrogen and oxygen atoms in total. The Labute approximate surface area is 111 Å². The van der Waals surface area contributed by atoms with Gasteiger partial charge in [-0.15, -0.1) is 0 Å². The predicted molar refractivity (Wildman–Crippen MR) is 72.2 cm³/mol. The third-order valence-electron chi connectivity index (χ3n) is 1.92. The number of halogens is 1. The van der Waals surface area contributed by atoms with Crippen molar-refractivity contribution in [1.29, 1.82) is 0 Å². The summed E-state index contributed by atoms with van der Waals surface area (Å²) >= 11 is 5.89. The SMILES string of the molecule is CS(=O)(=O)Nc1ccc(NC(=O)CCN)cc1Cl. The highest BCUT2D eigenvalue weighted by molar-refractivity contribution is 7.92. The number of amides is 1. The topological polar surface area (TPSA) is 101 Å². The molecule has 1 rings (SSSR count). The minimum absolute atomic E-state index is 0.200. The van der Waals surface area contributed by atoms with Gasteiger partial charge in [-0.25, -0.2) is 8.42 Å². The first-order valence-corrected chi connectivity index (χ1v) is 7.36. The van der Waals surface area contributed by atoms with Gasteiger partial charge in [-0.1, -0.05) is 11.6 Å². The average Bonchev–Trinajstić information content (AvgIpc) is 2.21. The molecule has 0 saturated heterocycles. The van der Waals surface area contributed by atoms with E-state index in [9.17, 15) is 13.2 Å². The van der Waals surface area contributed by atoms with Crippen LogP contribution in [0.25, 0.3) is 0 Å². The Balaban J connectivity index is 2.83. The number of sulfonamides is 1. The predicted octanol–water partition coefficient (Wildman–Crippen LogP) is 0.999. The van der Waals surface area contributed by atoms with Crippen LogP contribution in [0.15, 0.2) is 18.2 Å². The van der Waals surface area contributed by atoms with Crippen LogP contribution in [-0.2, 0) is 14.8 Å². The fraction of sp³-hybridized carbons (Fsp3) is 0.300. The Morgan fingerprint density at radius 2 is 2.11 bits per heavy atom. The second kappa shape index (κ2) is 6.03. The molecule has 0 aromatic heterocycles. The molecule has 0 spiro atoms. The van der Waals surface area contributed by atoms with Crippen LogP contribution in [0.5, 0.6) is 0 Å². The zero-order valence-corrected chi connectivity index (χ0v) is 11.3. The number of nitrogens with two attached hydrogens (primary N) is 1. The molecule has 1 aromatic carbocycles. The van der Waals surface area contributed by atoms with Gasteiger partial charge in [0.15, 0.2) is 0 Å². The molecule has 0 saturated carbocycles. The van der Waals surface area contributed by atoms with Gasteiger partial charge in [-0.05, 0) is 18.2 Å². The van der Waals surface area contributed by atoms with E-state index in [1.807, 2.05) is 0 Å². The van der Waals surface area contributed by atoms with Crippen LogP contribution in [0.4, 0.5) is 11.4 Å². The number of benzene rings is 1. The van der Waals surface area contributed by atoms with Gasteiger partial charge in [-0.3, -0.25) is 9.52 Å². The molecule has 0 aliphatic carbocycles. The summed E-state index contributed by atoms with van der Waals surface area (Å²) in [4.78, 5) is 11.3. The maximum absolute atomic E-state index is 11.3. The number of anilines is 2. The first-order chi connectivity index (χ1) is 8.31. The summed E-state index contributed by atoms with van der Waals surface area (Å²) in [5.41, 5.74) is 5.99. The maximum atomic E-state index is 11.3. The molecule has 100 valence electrons. The zero-order chi connectivity index (χ0) is 13.8. The van der Waals surface area contributed by atoms with E-state index in [1.54, 1.807) is 6.07 Å². The molecule has 0 aliphatic heterocycles. The van der Waals surface area contributed by atoms with Gasteiger partial charge in [0, 0.05) is 18.7 Å².